The predicted molar refractivity (Wildman–Crippen MR) is 138 cm³/mol. The molecular formula is C28H53Br. The molecule has 0 spiro atoms. The van der Waals surface area contributed by atoms with Gasteiger partial charge in [0.2, 0.25) is 0 Å². The zero-order chi connectivity index (χ0) is 21.5. The van der Waals surface area contributed by atoms with E-state index >= 15 is 0 Å². The number of hydrogen-bond donors (Lipinski definition) is 0. The molecule has 0 nitrogen and oxygen atoms in total. The van der Waals surface area contributed by atoms with Gasteiger partial charge in [-0.25, -0.2) is 0 Å². The number of hydrogen-bond acceptors (Lipinski definition) is 0. The second-order valence-corrected chi connectivity index (χ2v) is 10.7. The lowest BCUT2D eigenvalue weighted by molar-refractivity contribution is 0.508. The standard InChI is InChI=1S/C28H53Br/c1-4-7-10-13-16-17-18-21-24-27-28(29,25-22-19-14-11-8-5-2)26-23-20-15-12-9-6-3/h4-23,25-26H2,1-3H3. The normalized spacial score (nSPS) is 11.4. The SMILES string of the molecule is CCCCCCCCCC#CC(Br)(CCCCCCCC)CCCCCCCC. The fourth-order valence-corrected chi connectivity index (χ4v) is 4.71. The Balaban J connectivity index is 4.18. The van der Waals surface area contributed by atoms with Crippen molar-refractivity contribution >= 4 is 15.9 Å². The van der Waals surface area contributed by atoms with E-state index in [1.165, 1.54) is 135 Å². The quantitative estimate of drug-likeness (QED) is 0.0891. The number of rotatable bonds is 21. The van der Waals surface area contributed by atoms with E-state index in [2.05, 4.69) is 48.5 Å². The van der Waals surface area contributed by atoms with Gasteiger partial charge < -0.3 is 0 Å². The number of alkyl halides is 1. The lowest BCUT2D eigenvalue weighted by Crippen LogP contribution is -2.18. The molecule has 172 valence electrons. The van der Waals surface area contributed by atoms with E-state index in [0.29, 0.717) is 0 Å². The van der Waals surface area contributed by atoms with Crippen LogP contribution in [-0.2, 0) is 0 Å². The first-order chi connectivity index (χ1) is 14.2. The molecule has 0 heterocycles. The second kappa shape index (κ2) is 22.7. The minimum absolute atomic E-state index is 0.0869. The van der Waals surface area contributed by atoms with E-state index in [4.69, 9.17) is 0 Å². The smallest absolute Gasteiger partial charge is 0.0862 e. The predicted octanol–water partition coefficient (Wildman–Crippen LogP) is 10.8. The molecule has 0 saturated carbocycles. The molecule has 29 heavy (non-hydrogen) atoms. The van der Waals surface area contributed by atoms with Crippen molar-refractivity contribution in [2.45, 2.75) is 166 Å². The summed E-state index contributed by atoms with van der Waals surface area (Å²) in [6.45, 7) is 6.88. The molecule has 0 aliphatic rings. The van der Waals surface area contributed by atoms with Gasteiger partial charge in [-0.1, -0.05) is 158 Å². The summed E-state index contributed by atoms with van der Waals surface area (Å²) in [5.41, 5.74) is 0. The summed E-state index contributed by atoms with van der Waals surface area (Å²) in [5, 5.41) is 0. The van der Waals surface area contributed by atoms with E-state index < -0.39 is 0 Å². The summed E-state index contributed by atoms with van der Waals surface area (Å²) < 4.78 is 0.0869. The van der Waals surface area contributed by atoms with Gasteiger partial charge in [0.05, 0.1) is 4.32 Å². The third-order valence-electron chi connectivity index (χ3n) is 6.07. The highest BCUT2D eigenvalue weighted by Gasteiger charge is 2.22. The molecule has 0 aromatic carbocycles. The third kappa shape index (κ3) is 21.1. The first-order valence-corrected chi connectivity index (χ1v) is 14.2. The minimum Gasteiger partial charge on any atom is -0.102 e. The Hall–Kier alpha value is 0.0400. The highest BCUT2D eigenvalue weighted by atomic mass is 79.9. The van der Waals surface area contributed by atoms with Crippen LogP contribution in [0.1, 0.15) is 162 Å². The molecule has 0 aliphatic heterocycles. The van der Waals surface area contributed by atoms with E-state index in [0.717, 1.165) is 6.42 Å². The molecular weight excluding hydrogens is 416 g/mol. The monoisotopic (exact) mass is 468 g/mol. The highest BCUT2D eigenvalue weighted by molar-refractivity contribution is 9.10. The summed E-state index contributed by atoms with van der Waals surface area (Å²) in [7, 11) is 0. The molecule has 1 heteroatoms. The highest BCUT2D eigenvalue weighted by Crippen LogP contribution is 2.31. The van der Waals surface area contributed by atoms with Crippen molar-refractivity contribution in [2.24, 2.45) is 0 Å². The third-order valence-corrected chi connectivity index (χ3v) is 7.06. The average Bonchev–Trinajstić information content (AvgIpc) is 2.72. The van der Waals surface area contributed by atoms with Crippen LogP contribution in [0.2, 0.25) is 0 Å². The van der Waals surface area contributed by atoms with Gasteiger partial charge in [0.1, 0.15) is 0 Å². The lowest BCUT2D eigenvalue weighted by atomic mass is 9.94. The van der Waals surface area contributed by atoms with E-state index in [9.17, 15) is 0 Å². The van der Waals surface area contributed by atoms with Gasteiger partial charge in [-0.05, 0) is 19.3 Å². The molecule has 0 aliphatic carbocycles. The summed E-state index contributed by atoms with van der Waals surface area (Å²) in [6, 6.07) is 0. The molecule has 0 amide bonds. The van der Waals surface area contributed by atoms with Crippen LogP contribution in [0, 0.1) is 11.8 Å². The molecule has 0 aromatic heterocycles. The molecule has 0 N–H and O–H groups in total. The van der Waals surface area contributed by atoms with Gasteiger partial charge in [-0.3, -0.25) is 0 Å². The maximum Gasteiger partial charge on any atom is 0.0862 e. The Morgan fingerprint density at radius 2 is 0.828 bits per heavy atom. The summed E-state index contributed by atoms with van der Waals surface area (Å²) in [4.78, 5) is 0. The van der Waals surface area contributed by atoms with Gasteiger partial charge >= 0.3 is 0 Å². The van der Waals surface area contributed by atoms with Crippen molar-refractivity contribution in [3.8, 4) is 11.8 Å². The Labute approximate surface area is 193 Å². The van der Waals surface area contributed by atoms with Crippen LogP contribution in [0.4, 0.5) is 0 Å². The van der Waals surface area contributed by atoms with Gasteiger partial charge in [0, 0.05) is 6.42 Å². The van der Waals surface area contributed by atoms with Crippen LogP contribution in [0.15, 0.2) is 0 Å². The van der Waals surface area contributed by atoms with Crippen molar-refractivity contribution in [3.63, 3.8) is 0 Å². The molecule has 0 radical (unpaired) electrons. The van der Waals surface area contributed by atoms with Crippen molar-refractivity contribution < 1.29 is 0 Å². The van der Waals surface area contributed by atoms with Gasteiger partial charge in [0.15, 0.2) is 0 Å². The molecule has 0 aromatic rings. The van der Waals surface area contributed by atoms with Crippen LogP contribution in [0.5, 0.6) is 0 Å². The molecule has 0 fully saturated rings. The Morgan fingerprint density at radius 3 is 1.24 bits per heavy atom. The zero-order valence-electron chi connectivity index (χ0n) is 20.4. The van der Waals surface area contributed by atoms with Crippen LogP contribution in [-0.4, -0.2) is 4.32 Å². The lowest BCUT2D eigenvalue weighted by Gasteiger charge is -2.22. The van der Waals surface area contributed by atoms with Crippen LogP contribution >= 0.6 is 15.9 Å². The van der Waals surface area contributed by atoms with Crippen molar-refractivity contribution in [3.05, 3.63) is 0 Å². The Bertz CT molecular complexity index is 360. The fourth-order valence-electron chi connectivity index (χ4n) is 4.01. The fraction of sp³-hybridized carbons (Fsp3) is 0.929. The van der Waals surface area contributed by atoms with Gasteiger partial charge in [0.25, 0.3) is 0 Å². The van der Waals surface area contributed by atoms with Crippen LogP contribution in [0.3, 0.4) is 0 Å². The van der Waals surface area contributed by atoms with E-state index in [1.807, 2.05) is 0 Å². The van der Waals surface area contributed by atoms with Gasteiger partial charge in [-0.2, -0.15) is 0 Å². The number of unbranched alkanes of at least 4 members (excludes halogenated alkanes) is 17. The maximum atomic E-state index is 4.09. The Kier molecular flexibility index (Phi) is 22.8. The Morgan fingerprint density at radius 1 is 0.483 bits per heavy atom. The first-order valence-electron chi connectivity index (χ1n) is 13.4. The molecule has 0 rings (SSSR count). The average molecular weight is 470 g/mol. The first kappa shape index (κ1) is 29.0. The summed E-state index contributed by atoms with van der Waals surface area (Å²) >= 11 is 4.09. The number of halogens is 1. The van der Waals surface area contributed by atoms with E-state index in [-0.39, 0.29) is 4.32 Å². The van der Waals surface area contributed by atoms with Gasteiger partial charge in [-0.15, -0.1) is 5.92 Å². The molecule has 0 atom stereocenters. The topological polar surface area (TPSA) is 0 Å². The second-order valence-electron chi connectivity index (χ2n) is 9.17. The summed E-state index contributed by atoms with van der Waals surface area (Å²) in [5.74, 6) is 7.23. The summed E-state index contributed by atoms with van der Waals surface area (Å²) in [6.07, 6.45) is 29.7. The largest absolute Gasteiger partial charge is 0.102 e. The van der Waals surface area contributed by atoms with Crippen molar-refractivity contribution in [1.29, 1.82) is 0 Å². The van der Waals surface area contributed by atoms with Crippen LogP contribution < -0.4 is 0 Å². The van der Waals surface area contributed by atoms with Crippen molar-refractivity contribution in [1.82, 2.24) is 0 Å². The van der Waals surface area contributed by atoms with E-state index in [1.54, 1.807) is 0 Å². The minimum atomic E-state index is 0.0869. The molecule has 0 saturated heterocycles. The van der Waals surface area contributed by atoms with Crippen molar-refractivity contribution in [2.75, 3.05) is 0 Å². The maximum absolute atomic E-state index is 4.09. The van der Waals surface area contributed by atoms with Crippen LogP contribution in [0.25, 0.3) is 0 Å². The zero-order valence-corrected chi connectivity index (χ0v) is 22.0. The molecule has 0 unspecified atom stereocenters. The molecule has 0 bridgehead atoms.